The van der Waals surface area contributed by atoms with Crippen molar-refractivity contribution < 1.29 is 12.3 Å². The van der Waals surface area contributed by atoms with Gasteiger partial charge in [0.05, 0.1) is 0 Å². The molecule has 1 rings (SSSR count). The summed E-state index contributed by atoms with van der Waals surface area (Å²) in [6.45, 7) is 6.80. The fourth-order valence-electron chi connectivity index (χ4n) is 2.00. The zero-order valence-electron chi connectivity index (χ0n) is 10.1. The average molecular weight is 368 g/mol. The molecule has 0 unspecified atom stereocenters. The summed E-state index contributed by atoms with van der Waals surface area (Å²) >= 11 is -2.64. The molecule has 0 atom stereocenters. The van der Waals surface area contributed by atoms with E-state index in [0.29, 0.717) is 0 Å². The van der Waals surface area contributed by atoms with Crippen LogP contribution in [0.3, 0.4) is 0 Å². The van der Waals surface area contributed by atoms with Crippen molar-refractivity contribution in [1.29, 1.82) is 0 Å². The Kier molecular flexibility index (Phi) is 5.73. The average Bonchev–Trinajstić information content (AvgIpc) is 2.33. The molecular weight excluding hydrogens is 347 g/mol. The van der Waals surface area contributed by atoms with E-state index in [2.05, 4.69) is 45.0 Å². The molecule has 0 nitrogen and oxygen atoms in total. The Morgan fingerprint density at radius 2 is 1.38 bits per heavy atom. The van der Waals surface area contributed by atoms with Crippen LogP contribution in [0.2, 0.25) is 0 Å². The van der Waals surface area contributed by atoms with Gasteiger partial charge < -0.3 is 0 Å². The van der Waals surface area contributed by atoms with Crippen molar-refractivity contribution in [3.05, 3.63) is 30.3 Å². The first-order chi connectivity index (χ1) is 7.54. The van der Waals surface area contributed by atoms with Crippen LogP contribution in [0, 0.1) is 0 Å². The molecule has 0 radical (unpaired) electrons. The van der Waals surface area contributed by atoms with E-state index >= 15 is 0 Å². The Labute approximate surface area is 110 Å². The summed E-state index contributed by atoms with van der Waals surface area (Å²) in [4.78, 5) is 0. The summed E-state index contributed by atoms with van der Waals surface area (Å²) in [5.74, 6) is 0. The van der Waals surface area contributed by atoms with Crippen LogP contribution in [0.15, 0.2) is 30.3 Å². The van der Waals surface area contributed by atoms with Crippen LogP contribution < -0.4 is 4.16 Å². The van der Waals surface area contributed by atoms with Gasteiger partial charge in [-0.2, -0.15) is 0 Å². The third-order valence-electron chi connectivity index (χ3n) is 3.33. The van der Waals surface area contributed by atoms with Gasteiger partial charge in [0.2, 0.25) is 0 Å². The Hall–Kier alpha value is 0.853. The maximum absolute atomic E-state index is 6.88. The van der Waals surface area contributed by atoms with Crippen LogP contribution in [0.25, 0.3) is 0 Å². The van der Waals surface area contributed by atoms with Gasteiger partial charge in [-0.25, -0.2) is 0 Å². The van der Waals surface area contributed by atoms with Crippen molar-refractivity contribution in [3.63, 3.8) is 0 Å². The number of hydrogen-bond donors (Lipinski definition) is 0. The van der Waals surface area contributed by atoms with Gasteiger partial charge in [0.1, 0.15) is 0 Å². The summed E-state index contributed by atoms with van der Waals surface area (Å²) in [6, 6.07) is 10.4. The first-order valence-electron chi connectivity index (χ1n) is 5.71. The van der Waals surface area contributed by atoms with Crippen molar-refractivity contribution in [2.24, 2.45) is 0 Å². The molecular formula is C12H21Cl2PRu. The molecule has 0 N–H and O–H groups in total. The van der Waals surface area contributed by atoms with Crippen LogP contribution in [-0.2, 0) is 12.3 Å². The van der Waals surface area contributed by atoms with E-state index in [1.807, 2.05) is 6.07 Å². The van der Waals surface area contributed by atoms with Gasteiger partial charge in [-0.05, 0) is 0 Å². The van der Waals surface area contributed by atoms with E-state index in [1.165, 1.54) is 22.6 Å². The van der Waals surface area contributed by atoms with Crippen LogP contribution in [0.4, 0.5) is 0 Å². The van der Waals surface area contributed by atoms with Crippen molar-refractivity contribution >= 4 is 29.1 Å². The predicted molar refractivity (Wildman–Crippen MR) is 77.7 cm³/mol. The van der Waals surface area contributed by atoms with Crippen LogP contribution in [0.1, 0.15) is 20.8 Å². The van der Waals surface area contributed by atoms with Gasteiger partial charge in [0.15, 0.2) is 0 Å². The molecule has 1 aromatic carbocycles. The molecule has 1 aromatic rings. The molecule has 0 aliphatic heterocycles. The third kappa shape index (κ3) is 2.64. The molecule has 0 aliphatic rings. The standard InChI is InChI=1S/C6H15P.C6H5.2ClH.Ru/c1-4-7(5-2)6-3;1-2-4-6-5-3-1;;;/h4-6H2,1-3H3;1-5H;2*1H;/q;;;;+1/p-1. The second-order valence-corrected chi connectivity index (χ2v) is 28.1. The quantitative estimate of drug-likeness (QED) is 0.530. The molecule has 0 aromatic heterocycles. The fourth-order valence-corrected chi connectivity index (χ4v) is 27.9. The van der Waals surface area contributed by atoms with Crippen molar-refractivity contribution in [3.8, 4) is 0 Å². The monoisotopic (exact) mass is 368 g/mol. The van der Waals surface area contributed by atoms with Gasteiger partial charge in [0.25, 0.3) is 0 Å². The zero-order chi connectivity index (χ0) is 12.2. The van der Waals surface area contributed by atoms with E-state index in [1.54, 1.807) is 0 Å². The molecule has 96 valence electrons. The number of rotatable bonds is 5. The molecule has 0 aliphatic carbocycles. The van der Waals surface area contributed by atoms with Crippen LogP contribution in [0.5, 0.6) is 0 Å². The summed E-state index contributed by atoms with van der Waals surface area (Å²) in [6.07, 6.45) is 3.61. The van der Waals surface area contributed by atoms with Gasteiger partial charge in [0, 0.05) is 0 Å². The number of hydrogen-bond acceptors (Lipinski definition) is 0. The minimum atomic E-state index is -2.64. The second kappa shape index (κ2) is 6.15. The molecule has 0 saturated carbocycles. The Balaban J connectivity index is 3.18. The number of halogens is 2. The molecule has 0 spiro atoms. The topological polar surface area (TPSA) is 0 Å². The van der Waals surface area contributed by atoms with E-state index in [0.717, 1.165) is 0 Å². The molecule has 16 heavy (non-hydrogen) atoms. The molecule has 0 saturated heterocycles. The maximum atomic E-state index is 6.88. The van der Waals surface area contributed by atoms with Gasteiger partial charge in [-0.15, -0.1) is 0 Å². The summed E-state index contributed by atoms with van der Waals surface area (Å²) < 4.78 is 1.24. The number of benzene rings is 1. The van der Waals surface area contributed by atoms with Crippen LogP contribution in [-0.4, -0.2) is 18.5 Å². The van der Waals surface area contributed by atoms with Gasteiger partial charge in [-0.1, -0.05) is 0 Å². The molecule has 0 heterocycles. The zero-order valence-corrected chi connectivity index (χ0v) is 14.4. The van der Waals surface area contributed by atoms with Gasteiger partial charge >= 0.3 is 111 Å². The third-order valence-corrected chi connectivity index (χ3v) is 35.4. The molecule has 4 heteroatoms. The van der Waals surface area contributed by atoms with Crippen LogP contribution >= 0.6 is 25.0 Å². The van der Waals surface area contributed by atoms with E-state index in [9.17, 15) is 0 Å². The van der Waals surface area contributed by atoms with E-state index < -0.39 is 17.9 Å². The summed E-state index contributed by atoms with van der Waals surface area (Å²) in [5, 5.41) is 0. The Morgan fingerprint density at radius 3 is 1.75 bits per heavy atom. The first kappa shape index (κ1) is 14.9. The molecule has 0 fully saturated rings. The SMILES string of the molecule is CC[PH](CC)(CC)[Ru]([Cl])([Cl])[c]1ccccc1. The van der Waals surface area contributed by atoms with Crippen molar-refractivity contribution in [2.45, 2.75) is 20.8 Å². The minimum absolute atomic E-state index is 1.20. The van der Waals surface area contributed by atoms with Crippen molar-refractivity contribution in [1.82, 2.24) is 0 Å². The Bertz CT molecular complexity index is 315. The molecule has 0 amide bonds. The van der Waals surface area contributed by atoms with Crippen molar-refractivity contribution in [2.75, 3.05) is 18.5 Å². The Morgan fingerprint density at radius 1 is 0.938 bits per heavy atom. The summed E-state index contributed by atoms with van der Waals surface area (Å²) in [5.41, 5.74) is -1.48. The normalized spacial score (nSPS) is 14.8. The molecule has 0 bridgehead atoms. The summed E-state index contributed by atoms with van der Waals surface area (Å²) in [7, 11) is 13.8. The predicted octanol–water partition coefficient (Wildman–Crippen LogP) is 4.50. The van der Waals surface area contributed by atoms with Gasteiger partial charge in [-0.3, -0.25) is 0 Å². The fraction of sp³-hybridized carbons (Fsp3) is 0.500. The van der Waals surface area contributed by atoms with E-state index in [-0.39, 0.29) is 0 Å². The van der Waals surface area contributed by atoms with E-state index in [4.69, 9.17) is 19.4 Å². The first-order valence-corrected chi connectivity index (χ1v) is 16.1. The second-order valence-electron chi connectivity index (χ2n) is 3.87.